The number of carbonyl (C=O) groups excluding carboxylic acids is 1. The van der Waals surface area contributed by atoms with E-state index in [0.717, 1.165) is 10.6 Å². The molecule has 0 bridgehead atoms. The van der Waals surface area contributed by atoms with Crippen molar-refractivity contribution in [3.63, 3.8) is 0 Å². The van der Waals surface area contributed by atoms with Gasteiger partial charge in [-0.1, -0.05) is 35.3 Å². The second-order valence-electron chi connectivity index (χ2n) is 7.61. The van der Waals surface area contributed by atoms with E-state index in [1.165, 1.54) is 48.5 Å². The number of anilines is 3. The summed E-state index contributed by atoms with van der Waals surface area (Å²) < 4.78 is 59.1. The average molecular weight is 556 g/mol. The SMILES string of the molecule is CS(=O)(=O)N1CC(C(=O)Nc2ccc(S(=O)(=O)Nc3ccccc3Cl)cc2)Oc2ccc(Cl)cc21. The van der Waals surface area contributed by atoms with Crippen molar-refractivity contribution in [1.29, 1.82) is 0 Å². The standard InChI is InChI=1S/C22H19Cl2N3O6S2/c1-34(29,30)27-13-21(33-20-11-6-14(23)12-19(20)27)22(28)25-15-7-9-16(10-8-15)35(31,32)26-18-5-3-2-4-17(18)24/h2-12,21,26H,13H2,1H3,(H,25,28). The van der Waals surface area contributed by atoms with Gasteiger partial charge in [0.25, 0.3) is 15.9 Å². The number of halogens is 2. The maximum absolute atomic E-state index is 12.8. The molecule has 3 aromatic carbocycles. The van der Waals surface area contributed by atoms with Crippen LogP contribution in [0.15, 0.2) is 71.6 Å². The highest BCUT2D eigenvalue weighted by Gasteiger charge is 2.35. The molecule has 4 rings (SSSR count). The second kappa shape index (κ2) is 9.57. The Kier molecular flexibility index (Phi) is 6.87. The van der Waals surface area contributed by atoms with Crippen molar-refractivity contribution in [2.45, 2.75) is 11.0 Å². The number of amides is 1. The third-order valence-corrected chi connectivity index (χ3v) is 8.13. The molecule has 0 aliphatic carbocycles. The zero-order chi connectivity index (χ0) is 25.4. The molecule has 1 atom stereocenters. The second-order valence-corrected chi connectivity index (χ2v) is 12.0. The summed E-state index contributed by atoms with van der Waals surface area (Å²) in [7, 11) is -7.63. The summed E-state index contributed by atoms with van der Waals surface area (Å²) >= 11 is 12.0. The van der Waals surface area contributed by atoms with Gasteiger partial charge in [-0.3, -0.25) is 13.8 Å². The van der Waals surface area contributed by atoms with Crippen LogP contribution in [-0.4, -0.2) is 41.6 Å². The molecule has 13 heteroatoms. The maximum Gasteiger partial charge on any atom is 0.267 e. The van der Waals surface area contributed by atoms with Gasteiger partial charge >= 0.3 is 0 Å². The zero-order valence-corrected chi connectivity index (χ0v) is 21.2. The molecule has 0 aromatic heterocycles. The number of hydrogen-bond acceptors (Lipinski definition) is 6. The molecule has 1 amide bonds. The molecular weight excluding hydrogens is 537 g/mol. The summed E-state index contributed by atoms with van der Waals surface area (Å²) in [6.07, 6.45) is -0.128. The van der Waals surface area contributed by atoms with Crippen LogP contribution in [0.2, 0.25) is 10.0 Å². The van der Waals surface area contributed by atoms with Gasteiger partial charge in [0, 0.05) is 10.7 Å². The third kappa shape index (κ3) is 5.64. The first kappa shape index (κ1) is 25.1. The van der Waals surface area contributed by atoms with Gasteiger partial charge in [-0.05, 0) is 54.6 Å². The molecule has 1 heterocycles. The van der Waals surface area contributed by atoms with Gasteiger partial charge in [-0.2, -0.15) is 0 Å². The number of carbonyl (C=O) groups is 1. The minimum atomic E-state index is -3.92. The van der Waals surface area contributed by atoms with Crippen molar-refractivity contribution in [3.05, 3.63) is 76.8 Å². The quantitative estimate of drug-likeness (QED) is 0.474. The molecule has 1 aliphatic heterocycles. The van der Waals surface area contributed by atoms with E-state index >= 15 is 0 Å². The fourth-order valence-corrected chi connectivity index (χ4v) is 5.75. The molecule has 0 radical (unpaired) electrons. The number of nitrogens with zero attached hydrogens (tertiary/aromatic N) is 1. The summed E-state index contributed by atoms with van der Waals surface area (Å²) in [5.74, 6) is -0.414. The van der Waals surface area contributed by atoms with Crippen LogP contribution in [0.25, 0.3) is 0 Å². The highest BCUT2D eigenvalue weighted by molar-refractivity contribution is 7.92. The summed E-state index contributed by atoms with van der Waals surface area (Å²) in [5.41, 5.74) is 0.769. The van der Waals surface area contributed by atoms with Crippen molar-refractivity contribution in [2.24, 2.45) is 0 Å². The van der Waals surface area contributed by atoms with Crippen LogP contribution >= 0.6 is 23.2 Å². The highest BCUT2D eigenvalue weighted by atomic mass is 35.5. The summed E-state index contributed by atoms with van der Waals surface area (Å²) in [4.78, 5) is 12.8. The number of fused-ring (bicyclic) bond motifs is 1. The number of hydrogen-bond donors (Lipinski definition) is 2. The molecule has 184 valence electrons. The molecule has 2 N–H and O–H groups in total. The number of nitrogens with one attached hydrogen (secondary N) is 2. The van der Waals surface area contributed by atoms with Gasteiger partial charge in [0.15, 0.2) is 6.10 Å². The molecule has 0 fully saturated rings. The monoisotopic (exact) mass is 555 g/mol. The predicted octanol–water partition coefficient (Wildman–Crippen LogP) is 3.96. The maximum atomic E-state index is 12.8. The van der Waals surface area contributed by atoms with Gasteiger partial charge < -0.3 is 10.1 Å². The predicted molar refractivity (Wildman–Crippen MR) is 135 cm³/mol. The topological polar surface area (TPSA) is 122 Å². The normalized spacial score (nSPS) is 15.6. The molecular formula is C22H19Cl2N3O6S2. The summed E-state index contributed by atoms with van der Waals surface area (Å²) in [6, 6.07) is 16.3. The lowest BCUT2D eigenvalue weighted by atomic mass is 10.2. The number of sulfonamides is 2. The van der Waals surface area contributed by atoms with Crippen molar-refractivity contribution >= 4 is 66.2 Å². The van der Waals surface area contributed by atoms with E-state index in [4.69, 9.17) is 27.9 Å². The van der Waals surface area contributed by atoms with E-state index in [1.807, 2.05) is 0 Å². The smallest absolute Gasteiger partial charge is 0.267 e. The fraction of sp³-hybridized carbons (Fsp3) is 0.136. The van der Waals surface area contributed by atoms with Gasteiger partial charge in [0.05, 0.1) is 34.1 Å². The lowest BCUT2D eigenvalue weighted by Gasteiger charge is -2.34. The van der Waals surface area contributed by atoms with E-state index in [-0.39, 0.29) is 33.6 Å². The van der Waals surface area contributed by atoms with Crippen molar-refractivity contribution in [1.82, 2.24) is 0 Å². The van der Waals surface area contributed by atoms with Crippen molar-refractivity contribution < 1.29 is 26.4 Å². The Balaban J connectivity index is 1.49. The largest absolute Gasteiger partial charge is 0.476 e. The summed E-state index contributed by atoms with van der Waals surface area (Å²) in [6.45, 7) is -0.258. The minimum Gasteiger partial charge on any atom is -0.476 e. The molecule has 1 aliphatic rings. The van der Waals surface area contributed by atoms with Crippen LogP contribution in [0.5, 0.6) is 5.75 Å². The number of ether oxygens (including phenoxy) is 1. The van der Waals surface area contributed by atoms with E-state index in [9.17, 15) is 21.6 Å². The number of rotatable bonds is 6. The van der Waals surface area contributed by atoms with Crippen LogP contribution in [0, 0.1) is 0 Å². The highest BCUT2D eigenvalue weighted by Crippen LogP contribution is 2.37. The van der Waals surface area contributed by atoms with Gasteiger partial charge in [-0.25, -0.2) is 16.8 Å². The molecule has 9 nitrogen and oxygen atoms in total. The Labute approximate surface area is 212 Å². The first-order valence-corrected chi connectivity index (χ1v) is 14.1. The molecule has 0 saturated heterocycles. The van der Waals surface area contributed by atoms with Crippen molar-refractivity contribution in [2.75, 3.05) is 27.1 Å². The summed E-state index contributed by atoms with van der Waals surface area (Å²) in [5, 5.41) is 3.19. The third-order valence-electron chi connectivity index (χ3n) is 5.03. The first-order chi connectivity index (χ1) is 16.4. The van der Waals surface area contributed by atoms with E-state index in [0.29, 0.717) is 10.7 Å². The van der Waals surface area contributed by atoms with Crippen LogP contribution in [0.3, 0.4) is 0 Å². The average Bonchev–Trinajstić information content (AvgIpc) is 2.79. The molecule has 0 saturated carbocycles. The first-order valence-electron chi connectivity index (χ1n) is 10.1. The minimum absolute atomic E-state index is 0.0432. The van der Waals surface area contributed by atoms with Gasteiger partial charge in [-0.15, -0.1) is 0 Å². The van der Waals surface area contributed by atoms with E-state index in [1.54, 1.807) is 18.2 Å². The van der Waals surface area contributed by atoms with Gasteiger partial charge in [0.2, 0.25) is 10.0 Å². The Bertz CT molecular complexity index is 1500. The number of benzene rings is 3. The van der Waals surface area contributed by atoms with E-state index in [2.05, 4.69) is 10.0 Å². The lowest BCUT2D eigenvalue weighted by Crippen LogP contribution is -2.48. The Morgan fingerprint density at radius 2 is 1.69 bits per heavy atom. The van der Waals surface area contributed by atoms with E-state index < -0.39 is 32.1 Å². The van der Waals surface area contributed by atoms with Crippen molar-refractivity contribution in [3.8, 4) is 5.75 Å². The molecule has 1 unspecified atom stereocenters. The molecule has 3 aromatic rings. The Morgan fingerprint density at radius 1 is 1.00 bits per heavy atom. The van der Waals surface area contributed by atoms with Gasteiger partial charge in [0.1, 0.15) is 5.75 Å². The molecule has 0 spiro atoms. The Hall–Kier alpha value is -2.99. The molecule has 35 heavy (non-hydrogen) atoms. The van der Waals surface area contributed by atoms with Crippen LogP contribution in [0.1, 0.15) is 0 Å². The van der Waals surface area contributed by atoms with Crippen LogP contribution < -0.4 is 19.1 Å². The number of para-hydroxylation sites is 1. The Morgan fingerprint density at radius 3 is 2.34 bits per heavy atom. The lowest BCUT2D eigenvalue weighted by molar-refractivity contribution is -0.122. The zero-order valence-electron chi connectivity index (χ0n) is 18.1. The van der Waals surface area contributed by atoms with Crippen LogP contribution in [-0.2, 0) is 24.8 Å². The fourth-order valence-electron chi connectivity index (χ4n) is 3.36. The van der Waals surface area contributed by atoms with Crippen LogP contribution in [0.4, 0.5) is 17.1 Å².